The fourth-order valence-electron chi connectivity index (χ4n) is 2.90. The lowest BCUT2D eigenvalue weighted by atomic mass is 9.96. The van der Waals surface area contributed by atoms with E-state index >= 15 is 0 Å². The third-order valence-electron chi connectivity index (χ3n) is 4.15. The lowest BCUT2D eigenvalue weighted by Gasteiger charge is -2.35. The SMILES string of the molecule is CCOC(=O)N1CCN(CCC2CCCNC2)CC1. The van der Waals surface area contributed by atoms with Crippen molar-refractivity contribution < 1.29 is 9.53 Å². The molecule has 0 aromatic rings. The number of piperazine rings is 1. The topological polar surface area (TPSA) is 44.8 Å². The van der Waals surface area contributed by atoms with Crippen LogP contribution >= 0.6 is 0 Å². The van der Waals surface area contributed by atoms with E-state index in [1.54, 1.807) is 0 Å². The first kappa shape index (κ1) is 14.6. The first-order chi connectivity index (χ1) is 9.29. The summed E-state index contributed by atoms with van der Waals surface area (Å²) in [5.74, 6) is 0.844. The molecule has 2 aliphatic rings. The van der Waals surface area contributed by atoms with Crippen molar-refractivity contribution in [2.45, 2.75) is 26.2 Å². The summed E-state index contributed by atoms with van der Waals surface area (Å²) in [4.78, 5) is 15.9. The van der Waals surface area contributed by atoms with Crippen LogP contribution in [0.1, 0.15) is 26.2 Å². The van der Waals surface area contributed by atoms with E-state index in [4.69, 9.17) is 4.74 Å². The minimum Gasteiger partial charge on any atom is -0.450 e. The van der Waals surface area contributed by atoms with E-state index in [0.717, 1.165) is 32.1 Å². The molecule has 2 rings (SSSR count). The van der Waals surface area contributed by atoms with Gasteiger partial charge in [0.2, 0.25) is 0 Å². The van der Waals surface area contributed by atoms with Gasteiger partial charge >= 0.3 is 6.09 Å². The Morgan fingerprint density at radius 2 is 2.11 bits per heavy atom. The molecule has 0 saturated carbocycles. The number of carbonyl (C=O) groups excluding carboxylic acids is 1. The molecule has 0 aromatic heterocycles. The number of piperidine rings is 1. The van der Waals surface area contributed by atoms with Crippen LogP contribution in [0, 0.1) is 5.92 Å². The van der Waals surface area contributed by atoms with E-state index in [0.29, 0.717) is 6.61 Å². The van der Waals surface area contributed by atoms with E-state index in [-0.39, 0.29) is 6.09 Å². The summed E-state index contributed by atoms with van der Waals surface area (Å²) in [6, 6.07) is 0. The van der Waals surface area contributed by atoms with Crippen molar-refractivity contribution in [1.29, 1.82) is 0 Å². The average Bonchev–Trinajstić information content (AvgIpc) is 2.47. The standard InChI is InChI=1S/C14H27N3O2/c1-2-19-14(18)17-10-8-16(9-11-17)7-5-13-4-3-6-15-12-13/h13,15H,2-12H2,1H3. The molecule has 5 nitrogen and oxygen atoms in total. The van der Waals surface area contributed by atoms with Gasteiger partial charge in [0, 0.05) is 26.2 Å². The van der Waals surface area contributed by atoms with Gasteiger partial charge in [-0.2, -0.15) is 0 Å². The zero-order chi connectivity index (χ0) is 13.5. The van der Waals surface area contributed by atoms with Gasteiger partial charge in [0.25, 0.3) is 0 Å². The van der Waals surface area contributed by atoms with E-state index in [2.05, 4.69) is 10.2 Å². The van der Waals surface area contributed by atoms with Gasteiger partial charge in [0.15, 0.2) is 0 Å². The maximum Gasteiger partial charge on any atom is 0.409 e. The molecule has 110 valence electrons. The second-order valence-corrected chi connectivity index (χ2v) is 5.53. The molecule has 2 fully saturated rings. The summed E-state index contributed by atoms with van der Waals surface area (Å²) in [7, 11) is 0. The van der Waals surface area contributed by atoms with Crippen molar-refractivity contribution in [1.82, 2.24) is 15.1 Å². The van der Waals surface area contributed by atoms with Gasteiger partial charge in [0.1, 0.15) is 0 Å². The van der Waals surface area contributed by atoms with Gasteiger partial charge in [-0.1, -0.05) is 0 Å². The maximum atomic E-state index is 11.6. The van der Waals surface area contributed by atoms with Crippen molar-refractivity contribution in [2.75, 3.05) is 52.4 Å². The first-order valence-corrected chi connectivity index (χ1v) is 7.64. The summed E-state index contributed by atoms with van der Waals surface area (Å²) < 4.78 is 5.03. The predicted molar refractivity (Wildman–Crippen MR) is 75.2 cm³/mol. The highest BCUT2D eigenvalue weighted by molar-refractivity contribution is 5.67. The van der Waals surface area contributed by atoms with Crippen LogP contribution in [0.15, 0.2) is 0 Å². The minimum atomic E-state index is -0.154. The summed E-state index contributed by atoms with van der Waals surface area (Å²) >= 11 is 0. The highest BCUT2D eigenvalue weighted by Crippen LogP contribution is 2.15. The van der Waals surface area contributed by atoms with Crippen molar-refractivity contribution in [2.24, 2.45) is 5.92 Å². The van der Waals surface area contributed by atoms with Gasteiger partial charge in [0.05, 0.1) is 6.61 Å². The summed E-state index contributed by atoms with van der Waals surface area (Å²) in [6.45, 7) is 9.45. The van der Waals surface area contributed by atoms with Crippen LogP contribution in [0.25, 0.3) is 0 Å². The van der Waals surface area contributed by atoms with Gasteiger partial charge in [-0.15, -0.1) is 0 Å². The quantitative estimate of drug-likeness (QED) is 0.831. The summed E-state index contributed by atoms with van der Waals surface area (Å²) in [5, 5.41) is 3.47. The number of amides is 1. The first-order valence-electron chi connectivity index (χ1n) is 7.64. The number of ether oxygens (including phenoxy) is 1. The van der Waals surface area contributed by atoms with Gasteiger partial charge in [-0.25, -0.2) is 4.79 Å². The van der Waals surface area contributed by atoms with E-state index in [1.165, 1.54) is 38.9 Å². The summed E-state index contributed by atoms with van der Waals surface area (Å²) in [6.07, 6.45) is 3.82. The number of hydrogen-bond acceptors (Lipinski definition) is 4. The molecule has 0 spiro atoms. The Morgan fingerprint density at radius 3 is 2.74 bits per heavy atom. The molecular weight excluding hydrogens is 242 g/mol. The smallest absolute Gasteiger partial charge is 0.409 e. The molecule has 2 aliphatic heterocycles. The van der Waals surface area contributed by atoms with Crippen molar-refractivity contribution in [3.8, 4) is 0 Å². The molecule has 5 heteroatoms. The zero-order valence-electron chi connectivity index (χ0n) is 12.1. The third-order valence-corrected chi connectivity index (χ3v) is 4.15. The number of nitrogens with one attached hydrogen (secondary N) is 1. The Hall–Kier alpha value is -0.810. The van der Waals surface area contributed by atoms with E-state index in [1.807, 2.05) is 11.8 Å². The van der Waals surface area contributed by atoms with Crippen LogP contribution < -0.4 is 5.32 Å². The molecule has 0 aromatic carbocycles. The lowest BCUT2D eigenvalue weighted by molar-refractivity contribution is 0.0777. The second-order valence-electron chi connectivity index (χ2n) is 5.53. The van der Waals surface area contributed by atoms with Crippen molar-refractivity contribution in [3.63, 3.8) is 0 Å². The molecular formula is C14H27N3O2. The average molecular weight is 269 g/mol. The number of rotatable bonds is 4. The second kappa shape index (κ2) is 7.70. The van der Waals surface area contributed by atoms with Gasteiger partial charge in [-0.3, -0.25) is 4.90 Å². The van der Waals surface area contributed by atoms with Gasteiger partial charge in [-0.05, 0) is 51.7 Å². The molecule has 19 heavy (non-hydrogen) atoms. The molecule has 1 unspecified atom stereocenters. The third kappa shape index (κ3) is 4.66. The normalized spacial score (nSPS) is 25.3. The van der Waals surface area contributed by atoms with Crippen LogP contribution in [0.3, 0.4) is 0 Å². The van der Waals surface area contributed by atoms with Crippen LogP contribution in [-0.2, 0) is 4.74 Å². The molecule has 2 saturated heterocycles. The van der Waals surface area contributed by atoms with Crippen LogP contribution in [0.4, 0.5) is 4.79 Å². The Labute approximate surface area is 116 Å². The molecule has 0 radical (unpaired) electrons. The lowest BCUT2D eigenvalue weighted by Crippen LogP contribution is -2.49. The predicted octanol–water partition coefficient (Wildman–Crippen LogP) is 1.15. The number of nitrogens with zero attached hydrogens (tertiary/aromatic N) is 2. The maximum absolute atomic E-state index is 11.6. The largest absolute Gasteiger partial charge is 0.450 e. The van der Waals surface area contributed by atoms with Crippen LogP contribution in [0.5, 0.6) is 0 Å². The Balaban J connectivity index is 1.61. The Morgan fingerprint density at radius 1 is 1.32 bits per heavy atom. The molecule has 1 N–H and O–H groups in total. The molecule has 0 bridgehead atoms. The Bertz CT molecular complexity index is 272. The Kier molecular flexibility index (Phi) is 5.92. The highest BCUT2D eigenvalue weighted by atomic mass is 16.6. The fourth-order valence-corrected chi connectivity index (χ4v) is 2.90. The molecule has 1 atom stereocenters. The van der Waals surface area contributed by atoms with Crippen LogP contribution in [0.2, 0.25) is 0 Å². The molecule has 1 amide bonds. The van der Waals surface area contributed by atoms with Crippen LogP contribution in [-0.4, -0.2) is 68.3 Å². The highest BCUT2D eigenvalue weighted by Gasteiger charge is 2.22. The fraction of sp³-hybridized carbons (Fsp3) is 0.929. The molecule has 0 aliphatic carbocycles. The molecule has 2 heterocycles. The monoisotopic (exact) mass is 269 g/mol. The van der Waals surface area contributed by atoms with Crippen molar-refractivity contribution in [3.05, 3.63) is 0 Å². The minimum absolute atomic E-state index is 0.154. The number of hydrogen-bond donors (Lipinski definition) is 1. The van der Waals surface area contributed by atoms with Gasteiger partial charge < -0.3 is 15.0 Å². The van der Waals surface area contributed by atoms with Crippen molar-refractivity contribution >= 4 is 6.09 Å². The summed E-state index contributed by atoms with van der Waals surface area (Å²) in [5.41, 5.74) is 0. The van der Waals surface area contributed by atoms with E-state index < -0.39 is 0 Å². The zero-order valence-corrected chi connectivity index (χ0v) is 12.1. The van der Waals surface area contributed by atoms with E-state index in [9.17, 15) is 4.79 Å². The number of carbonyl (C=O) groups is 1.